The number of nitrogens with zero attached hydrogens (tertiary/aromatic N) is 1. The van der Waals surface area contributed by atoms with E-state index in [1.165, 1.54) is 0 Å². The van der Waals surface area contributed by atoms with Crippen molar-refractivity contribution in [2.75, 3.05) is 16.8 Å². The Morgan fingerprint density at radius 1 is 1.16 bits per heavy atom. The maximum absolute atomic E-state index is 11.8. The molecule has 3 N–H and O–H groups in total. The van der Waals surface area contributed by atoms with Gasteiger partial charge in [0.1, 0.15) is 0 Å². The van der Waals surface area contributed by atoms with Crippen LogP contribution in [0.3, 0.4) is 0 Å². The predicted molar refractivity (Wildman–Crippen MR) is 97.7 cm³/mol. The molecule has 0 bridgehead atoms. The second-order valence-corrected chi connectivity index (χ2v) is 6.73. The lowest BCUT2D eigenvalue weighted by Gasteiger charge is -2.30. The van der Waals surface area contributed by atoms with Gasteiger partial charge >= 0.3 is 6.09 Å². The van der Waals surface area contributed by atoms with Crippen molar-refractivity contribution >= 4 is 29.1 Å². The van der Waals surface area contributed by atoms with Gasteiger partial charge in [-0.2, -0.15) is 0 Å². The average molecular weight is 357 g/mol. The van der Waals surface area contributed by atoms with Crippen molar-refractivity contribution in [2.24, 2.45) is 0 Å². The zero-order valence-electron chi connectivity index (χ0n) is 13.4. The largest absolute Gasteiger partial charge is 0.494 e. The number of carbonyl (C=O) groups is 1. The second kappa shape index (κ2) is 6.01. The Labute approximate surface area is 150 Å². The van der Waals surface area contributed by atoms with Gasteiger partial charge in [-0.15, -0.1) is 0 Å². The van der Waals surface area contributed by atoms with Crippen LogP contribution in [0.1, 0.15) is 16.7 Å². The summed E-state index contributed by atoms with van der Waals surface area (Å²) in [6, 6.07) is 11.0. The Morgan fingerprint density at radius 3 is 2.64 bits per heavy atom. The first-order valence-electron chi connectivity index (χ1n) is 8.11. The lowest BCUT2D eigenvalue weighted by molar-refractivity contribution is 0.198. The van der Waals surface area contributed by atoms with Crippen molar-refractivity contribution in [1.82, 2.24) is 0 Å². The Morgan fingerprint density at radius 2 is 1.92 bits per heavy atom. The van der Waals surface area contributed by atoms with Crippen LogP contribution in [-0.2, 0) is 19.3 Å². The Bertz CT molecular complexity index is 890. The third-order valence-corrected chi connectivity index (χ3v) is 5.03. The van der Waals surface area contributed by atoms with Gasteiger partial charge in [-0.3, -0.25) is 0 Å². The molecule has 2 aromatic carbocycles. The summed E-state index contributed by atoms with van der Waals surface area (Å²) in [5, 5.41) is 24.2. The molecule has 128 valence electrons. The minimum absolute atomic E-state index is 0.194. The molecule has 0 saturated heterocycles. The van der Waals surface area contributed by atoms with Crippen molar-refractivity contribution < 1.29 is 15.0 Å². The fourth-order valence-corrected chi connectivity index (χ4v) is 3.74. The van der Waals surface area contributed by atoms with Gasteiger partial charge in [0.25, 0.3) is 0 Å². The lowest BCUT2D eigenvalue weighted by atomic mass is 9.90. The summed E-state index contributed by atoms with van der Waals surface area (Å²) in [7, 11) is 0. The number of hydrogen-bond donors (Lipinski definition) is 3. The normalized spacial score (nSPS) is 15.6. The number of hydrogen-bond acceptors (Lipinski definition) is 3. The SMILES string of the molecule is O=C(O)N1C(O)=C(Cc2ccc(Cl)cc2)Cc2c1ccc1c2CCN1. The molecule has 0 fully saturated rings. The van der Waals surface area contributed by atoms with Crippen LogP contribution >= 0.6 is 11.6 Å². The fraction of sp³-hybridized carbons (Fsp3) is 0.211. The molecule has 0 aromatic heterocycles. The summed E-state index contributed by atoms with van der Waals surface area (Å²) in [5.41, 5.74) is 5.39. The number of halogens is 1. The van der Waals surface area contributed by atoms with E-state index in [2.05, 4.69) is 5.32 Å². The zero-order chi connectivity index (χ0) is 17.6. The number of anilines is 2. The smallest absolute Gasteiger partial charge is 0.418 e. The van der Waals surface area contributed by atoms with E-state index in [1.807, 2.05) is 18.2 Å². The number of amides is 1. The number of benzene rings is 2. The van der Waals surface area contributed by atoms with Crippen LogP contribution in [0, 0.1) is 0 Å². The number of aliphatic hydroxyl groups is 1. The van der Waals surface area contributed by atoms with Crippen LogP contribution in [0.15, 0.2) is 47.9 Å². The van der Waals surface area contributed by atoms with Crippen LogP contribution in [-0.4, -0.2) is 22.9 Å². The number of carboxylic acid groups (broad SMARTS) is 1. The van der Waals surface area contributed by atoms with Crippen LogP contribution < -0.4 is 10.2 Å². The van der Waals surface area contributed by atoms with E-state index in [-0.39, 0.29) is 5.88 Å². The second-order valence-electron chi connectivity index (χ2n) is 6.29. The maximum atomic E-state index is 11.8. The molecule has 2 heterocycles. The fourth-order valence-electron chi connectivity index (χ4n) is 3.61. The van der Waals surface area contributed by atoms with E-state index >= 15 is 0 Å². The third kappa shape index (κ3) is 2.70. The summed E-state index contributed by atoms with van der Waals surface area (Å²) >= 11 is 5.92. The van der Waals surface area contributed by atoms with Crippen molar-refractivity contribution in [2.45, 2.75) is 19.3 Å². The zero-order valence-corrected chi connectivity index (χ0v) is 14.2. The highest BCUT2D eigenvalue weighted by molar-refractivity contribution is 6.30. The topological polar surface area (TPSA) is 72.8 Å². The Kier molecular flexibility index (Phi) is 3.81. The molecule has 2 aliphatic rings. The molecule has 1 amide bonds. The molecular formula is C19H17ClN2O3. The molecule has 0 radical (unpaired) electrons. The quantitative estimate of drug-likeness (QED) is 0.747. The molecule has 0 spiro atoms. The first kappa shape index (κ1) is 15.8. The molecule has 2 aliphatic heterocycles. The van der Waals surface area contributed by atoms with Gasteiger partial charge in [-0.05, 0) is 59.4 Å². The average Bonchev–Trinajstić information content (AvgIpc) is 3.06. The van der Waals surface area contributed by atoms with E-state index in [9.17, 15) is 15.0 Å². The number of fused-ring (bicyclic) bond motifs is 3. The molecular weight excluding hydrogens is 340 g/mol. The van der Waals surface area contributed by atoms with Gasteiger partial charge in [0.15, 0.2) is 0 Å². The highest BCUT2D eigenvalue weighted by Gasteiger charge is 2.32. The van der Waals surface area contributed by atoms with Gasteiger partial charge in [-0.1, -0.05) is 23.7 Å². The van der Waals surface area contributed by atoms with Crippen molar-refractivity contribution in [3.05, 3.63) is 69.6 Å². The standard InChI is InChI=1S/C19H17ClN2O3/c20-13-3-1-11(2-4-13)9-12-10-15-14-7-8-21-16(14)5-6-17(15)22(18(12)23)19(24)25/h1-6,21,23H,7-10H2,(H,24,25). The number of nitrogens with one attached hydrogen (secondary N) is 1. The van der Waals surface area contributed by atoms with Gasteiger partial charge in [-0.25, -0.2) is 9.69 Å². The third-order valence-electron chi connectivity index (χ3n) is 4.78. The monoisotopic (exact) mass is 356 g/mol. The molecule has 2 aromatic rings. The lowest BCUT2D eigenvalue weighted by Crippen LogP contribution is -2.34. The van der Waals surface area contributed by atoms with E-state index < -0.39 is 6.09 Å². The molecule has 0 unspecified atom stereocenters. The van der Waals surface area contributed by atoms with Crippen LogP contribution in [0.25, 0.3) is 0 Å². The predicted octanol–water partition coefficient (Wildman–Crippen LogP) is 4.36. The molecule has 25 heavy (non-hydrogen) atoms. The summed E-state index contributed by atoms with van der Waals surface area (Å²) in [6.45, 7) is 0.848. The molecule has 5 nitrogen and oxygen atoms in total. The van der Waals surface area contributed by atoms with Gasteiger partial charge in [0.05, 0.1) is 5.69 Å². The van der Waals surface area contributed by atoms with E-state index in [0.717, 1.165) is 40.2 Å². The van der Waals surface area contributed by atoms with E-state index in [1.54, 1.807) is 18.2 Å². The van der Waals surface area contributed by atoms with Crippen molar-refractivity contribution in [3.8, 4) is 0 Å². The van der Waals surface area contributed by atoms with Crippen LogP contribution in [0.2, 0.25) is 5.02 Å². The minimum Gasteiger partial charge on any atom is -0.494 e. The first-order chi connectivity index (χ1) is 12.0. The first-order valence-corrected chi connectivity index (χ1v) is 8.49. The maximum Gasteiger partial charge on any atom is 0.418 e. The number of aliphatic hydroxyl groups excluding tert-OH is 1. The van der Waals surface area contributed by atoms with Gasteiger partial charge in [0.2, 0.25) is 5.88 Å². The van der Waals surface area contributed by atoms with Gasteiger partial charge in [0, 0.05) is 23.7 Å². The summed E-state index contributed by atoms with van der Waals surface area (Å²) in [4.78, 5) is 12.8. The van der Waals surface area contributed by atoms with Gasteiger partial charge < -0.3 is 15.5 Å². The number of rotatable bonds is 2. The molecule has 0 saturated carbocycles. The minimum atomic E-state index is -1.18. The Balaban J connectivity index is 1.77. The van der Waals surface area contributed by atoms with E-state index in [0.29, 0.717) is 29.1 Å². The summed E-state index contributed by atoms with van der Waals surface area (Å²) in [5.74, 6) is -0.194. The highest BCUT2D eigenvalue weighted by Crippen LogP contribution is 2.40. The molecule has 0 aliphatic carbocycles. The Hall–Kier alpha value is -2.66. The van der Waals surface area contributed by atoms with Crippen molar-refractivity contribution in [3.63, 3.8) is 0 Å². The molecule has 0 atom stereocenters. The molecule has 6 heteroatoms. The summed E-state index contributed by atoms with van der Waals surface area (Å²) in [6.07, 6.45) is 0.695. The number of allylic oxidation sites excluding steroid dienone is 1. The van der Waals surface area contributed by atoms with E-state index in [4.69, 9.17) is 11.6 Å². The summed E-state index contributed by atoms with van der Waals surface area (Å²) < 4.78 is 0. The molecule has 4 rings (SSSR count). The van der Waals surface area contributed by atoms with Crippen molar-refractivity contribution in [1.29, 1.82) is 0 Å². The van der Waals surface area contributed by atoms with Crippen LogP contribution in [0.5, 0.6) is 0 Å². The van der Waals surface area contributed by atoms with Crippen LogP contribution in [0.4, 0.5) is 16.2 Å². The highest BCUT2D eigenvalue weighted by atomic mass is 35.5.